The number of anilines is 1. The number of nitrogens with zero attached hydrogens (tertiary/aromatic N) is 2. The molecule has 1 heterocycles. The molecular weight excluding hydrogens is 202 g/mol. The standard InChI is InChI=1S/C12H19N3O/c1-9-7-10(2)15-11(14-9)13-8-12(3-4-12)5-6-16/h7,16H,3-6,8H2,1-2H3,(H,13,14,15). The zero-order valence-electron chi connectivity index (χ0n) is 9.95. The lowest BCUT2D eigenvalue weighted by Gasteiger charge is -2.14. The van der Waals surface area contributed by atoms with E-state index in [1.54, 1.807) is 0 Å². The third-order valence-electron chi connectivity index (χ3n) is 3.20. The number of hydrogen-bond donors (Lipinski definition) is 2. The fourth-order valence-electron chi connectivity index (χ4n) is 2.00. The van der Waals surface area contributed by atoms with Gasteiger partial charge in [0, 0.05) is 24.5 Å². The average Bonchev–Trinajstić information content (AvgIpc) is 2.95. The molecule has 0 unspecified atom stereocenters. The molecule has 0 saturated heterocycles. The van der Waals surface area contributed by atoms with Gasteiger partial charge in [-0.2, -0.15) is 0 Å². The molecule has 0 aromatic carbocycles. The maximum absolute atomic E-state index is 8.97. The molecule has 1 aromatic rings. The highest BCUT2D eigenvalue weighted by Gasteiger charge is 2.41. The first kappa shape index (κ1) is 11.3. The van der Waals surface area contributed by atoms with E-state index in [0.717, 1.165) is 24.4 Å². The van der Waals surface area contributed by atoms with Crippen LogP contribution in [0.2, 0.25) is 0 Å². The molecule has 1 saturated carbocycles. The van der Waals surface area contributed by atoms with Gasteiger partial charge < -0.3 is 10.4 Å². The van der Waals surface area contributed by atoms with Crippen molar-refractivity contribution >= 4 is 5.95 Å². The Morgan fingerprint density at radius 2 is 1.94 bits per heavy atom. The van der Waals surface area contributed by atoms with E-state index in [2.05, 4.69) is 15.3 Å². The summed E-state index contributed by atoms with van der Waals surface area (Å²) in [6, 6.07) is 1.96. The number of nitrogens with one attached hydrogen (secondary N) is 1. The van der Waals surface area contributed by atoms with Crippen LogP contribution in [-0.2, 0) is 0 Å². The van der Waals surface area contributed by atoms with Crippen molar-refractivity contribution < 1.29 is 5.11 Å². The van der Waals surface area contributed by atoms with Crippen LogP contribution in [0.25, 0.3) is 0 Å². The van der Waals surface area contributed by atoms with E-state index in [9.17, 15) is 0 Å². The third-order valence-corrected chi connectivity index (χ3v) is 3.20. The monoisotopic (exact) mass is 221 g/mol. The average molecular weight is 221 g/mol. The Kier molecular flexibility index (Phi) is 3.10. The second kappa shape index (κ2) is 4.37. The van der Waals surface area contributed by atoms with Crippen LogP contribution in [0.4, 0.5) is 5.95 Å². The van der Waals surface area contributed by atoms with Gasteiger partial charge in [0.05, 0.1) is 0 Å². The van der Waals surface area contributed by atoms with Crippen molar-refractivity contribution in [3.63, 3.8) is 0 Å². The van der Waals surface area contributed by atoms with Crippen LogP contribution in [0.5, 0.6) is 0 Å². The second-order valence-electron chi connectivity index (χ2n) is 4.80. The molecule has 4 heteroatoms. The van der Waals surface area contributed by atoms with E-state index in [1.807, 2.05) is 19.9 Å². The Hall–Kier alpha value is -1.16. The minimum Gasteiger partial charge on any atom is -0.396 e. The fourth-order valence-corrected chi connectivity index (χ4v) is 2.00. The van der Waals surface area contributed by atoms with Crippen LogP contribution in [0, 0.1) is 19.3 Å². The highest BCUT2D eigenvalue weighted by molar-refractivity contribution is 5.28. The first-order valence-corrected chi connectivity index (χ1v) is 5.81. The van der Waals surface area contributed by atoms with Gasteiger partial charge in [0.1, 0.15) is 0 Å². The Balaban J connectivity index is 1.94. The second-order valence-corrected chi connectivity index (χ2v) is 4.80. The summed E-state index contributed by atoms with van der Waals surface area (Å²) in [5, 5.41) is 12.2. The molecule has 2 N–H and O–H groups in total. The Bertz CT molecular complexity index is 354. The molecule has 4 nitrogen and oxygen atoms in total. The Morgan fingerprint density at radius 1 is 1.31 bits per heavy atom. The zero-order chi connectivity index (χ0) is 11.6. The van der Waals surface area contributed by atoms with Gasteiger partial charge >= 0.3 is 0 Å². The van der Waals surface area contributed by atoms with Crippen LogP contribution in [0.1, 0.15) is 30.7 Å². The van der Waals surface area contributed by atoms with Gasteiger partial charge in [-0.15, -0.1) is 0 Å². The molecule has 0 aliphatic heterocycles. The van der Waals surface area contributed by atoms with E-state index in [0.29, 0.717) is 11.4 Å². The van der Waals surface area contributed by atoms with Crippen molar-refractivity contribution in [2.45, 2.75) is 33.1 Å². The highest BCUT2D eigenvalue weighted by atomic mass is 16.3. The van der Waals surface area contributed by atoms with Crippen molar-refractivity contribution in [2.75, 3.05) is 18.5 Å². The van der Waals surface area contributed by atoms with Crippen molar-refractivity contribution in [3.8, 4) is 0 Å². The predicted octanol–water partition coefficient (Wildman–Crippen LogP) is 1.67. The van der Waals surface area contributed by atoms with Gasteiger partial charge in [-0.25, -0.2) is 9.97 Å². The zero-order valence-corrected chi connectivity index (χ0v) is 9.95. The van der Waals surface area contributed by atoms with E-state index in [4.69, 9.17) is 5.11 Å². The third kappa shape index (κ3) is 2.70. The molecule has 1 fully saturated rings. The number of aryl methyl sites for hydroxylation is 2. The van der Waals surface area contributed by atoms with Crippen molar-refractivity contribution in [1.82, 2.24) is 9.97 Å². The number of aliphatic hydroxyl groups excluding tert-OH is 1. The lowest BCUT2D eigenvalue weighted by molar-refractivity contribution is 0.253. The van der Waals surface area contributed by atoms with Crippen LogP contribution in [0.15, 0.2) is 6.07 Å². The molecule has 1 aliphatic carbocycles. The lowest BCUT2D eigenvalue weighted by atomic mass is 10.0. The van der Waals surface area contributed by atoms with Gasteiger partial charge in [0.25, 0.3) is 0 Å². The van der Waals surface area contributed by atoms with E-state index in [1.165, 1.54) is 12.8 Å². The molecule has 0 bridgehead atoms. The van der Waals surface area contributed by atoms with Crippen molar-refractivity contribution in [3.05, 3.63) is 17.5 Å². The van der Waals surface area contributed by atoms with Crippen LogP contribution < -0.4 is 5.32 Å². The van der Waals surface area contributed by atoms with E-state index >= 15 is 0 Å². The molecule has 0 atom stereocenters. The minimum absolute atomic E-state index is 0.273. The molecule has 1 aliphatic rings. The fraction of sp³-hybridized carbons (Fsp3) is 0.667. The van der Waals surface area contributed by atoms with Crippen molar-refractivity contribution in [1.29, 1.82) is 0 Å². The molecular formula is C12H19N3O. The topological polar surface area (TPSA) is 58.0 Å². The number of hydrogen-bond acceptors (Lipinski definition) is 4. The predicted molar refractivity (Wildman–Crippen MR) is 63.4 cm³/mol. The van der Waals surface area contributed by atoms with E-state index < -0.39 is 0 Å². The largest absolute Gasteiger partial charge is 0.396 e. The maximum atomic E-state index is 8.97. The lowest BCUT2D eigenvalue weighted by Crippen LogP contribution is -2.18. The molecule has 88 valence electrons. The van der Waals surface area contributed by atoms with Gasteiger partial charge in [0.15, 0.2) is 0 Å². The van der Waals surface area contributed by atoms with Crippen LogP contribution in [0.3, 0.4) is 0 Å². The van der Waals surface area contributed by atoms with Gasteiger partial charge in [-0.1, -0.05) is 0 Å². The maximum Gasteiger partial charge on any atom is 0.223 e. The van der Waals surface area contributed by atoms with Gasteiger partial charge in [-0.05, 0) is 44.6 Å². The van der Waals surface area contributed by atoms with E-state index in [-0.39, 0.29) is 6.61 Å². The summed E-state index contributed by atoms with van der Waals surface area (Å²) in [7, 11) is 0. The summed E-state index contributed by atoms with van der Waals surface area (Å²) >= 11 is 0. The Morgan fingerprint density at radius 3 is 2.44 bits per heavy atom. The molecule has 2 rings (SSSR count). The first-order chi connectivity index (χ1) is 7.63. The van der Waals surface area contributed by atoms with Gasteiger partial charge in [0.2, 0.25) is 5.95 Å². The van der Waals surface area contributed by atoms with Gasteiger partial charge in [-0.3, -0.25) is 0 Å². The molecule has 0 amide bonds. The number of rotatable bonds is 5. The summed E-state index contributed by atoms with van der Waals surface area (Å²) in [5.74, 6) is 0.710. The highest BCUT2D eigenvalue weighted by Crippen LogP contribution is 2.48. The number of aliphatic hydroxyl groups is 1. The molecule has 1 aromatic heterocycles. The molecule has 16 heavy (non-hydrogen) atoms. The normalized spacial score (nSPS) is 17.2. The quantitative estimate of drug-likeness (QED) is 0.794. The summed E-state index contributed by atoms with van der Waals surface area (Å²) in [4.78, 5) is 8.68. The number of aromatic nitrogens is 2. The molecule has 0 radical (unpaired) electrons. The SMILES string of the molecule is Cc1cc(C)nc(NCC2(CCO)CC2)n1. The molecule has 0 spiro atoms. The Labute approximate surface area is 96.1 Å². The minimum atomic E-state index is 0.273. The summed E-state index contributed by atoms with van der Waals surface area (Å²) in [6.07, 6.45) is 3.28. The van der Waals surface area contributed by atoms with Crippen LogP contribution >= 0.6 is 0 Å². The summed E-state index contributed by atoms with van der Waals surface area (Å²) < 4.78 is 0. The summed E-state index contributed by atoms with van der Waals surface area (Å²) in [5.41, 5.74) is 2.28. The first-order valence-electron chi connectivity index (χ1n) is 5.81. The van der Waals surface area contributed by atoms with Crippen LogP contribution in [-0.4, -0.2) is 28.2 Å². The summed E-state index contributed by atoms with van der Waals surface area (Å²) in [6.45, 7) is 5.09. The van der Waals surface area contributed by atoms with Crippen molar-refractivity contribution in [2.24, 2.45) is 5.41 Å². The smallest absolute Gasteiger partial charge is 0.223 e.